The van der Waals surface area contributed by atoms with E-state index in [-0.39, 0.29) is 11.8 Å². The van der Waals surface area contributed by atoms with Gasteiger partial charge in [-0.25, -0.2) is 0 Å². The third kappa shape index (κ3) is 1.99. The maximum absolute atomic E-state index is 9.42. The molecule has 1 aliphatic rings. The van der Waals surface area contributed by atoms with Gasteiger partial charge >= 0.3 is 0 Å². The highest BCUT2D eigenvalue weighted by Crippen LogP contribution is 2.42. The summed E-state index contributed by atoms with van der Waals surface area (Å²) in [6, 6.07) is 9.67. The summed E-state index contributed by atoms with van der Waals surface area (Å²) in [6.45, 7) is 1.89. The molecule has 3 rings (SSSR count). The highest BCUT2D eigenvalue weighted by Gasteiger charge is 2.34. The van der Waals surface area contributed by atoms with E-state index in [2.05, 4.69) is 16.3 Å². The van der Waals surface area contributed by atoms with E-state index < -0.39 is 0 Å². The molecular weight excluding hydrogens is 268 g/mol. The Morgan fingerprint density at radius 3 is 2.71 bits per heavy atom. The Bertz CT molecular complexity index is 753. The summed E-state index contributed by atoms with van der Waals surface area (Å²) in [6.07, 6.45) is 0. The molecule has 1 atom stereocenters. The van der Waals surface area contributed by atoms with Gasteiger partial charge in [-0.15, -0.1) is 5.10 Å². The molecule has 2 aromatic rings. The van der Waals surface area contributed by atoms with E-state index in [1.54, 1.807) is 7.11 Å². The van der Waals surface area contributed by atoms with Crippen LogP contribution in [0, 0.1) is 18.3 Å². The van der Waals surface area contributed by atoms with Crippen molar-refractivity contribution in [2.45, 2.75) is 12.8 Å². The number of benzene rings is 1. The zero-order valence-corrected chi connectivity index (χ0v) is 11.7. The highest BCUT2D eigenvalue weighted by molar-refractivity contribution is 5.55. The molecule has 0 spiro atoms. The van der Waals surface area contributed by atoms with Crippen molar-refractivity contribution in [1.29, 1.82) is 5.26 Å². The number of hydrogen-bond donors (Lipinski definition) is 2. The van der Waals surface area contributed by atoms with Crippen molar-refractivity contribution in [3.63, 3.8) is 0 Å². The Labute approximate surface area is 121 Å². The van der Waals surface area contributed by atoms with Crippen LogP contribution in [0.3, 0.4) is 0 Å². The second-order valence-electron chi connectivity index (χ2n) is 4.77. The van der Waals surface area contributed by atoms with Gasteiger partial charge in [0.15, 0.2) is 0 Å². The monoisotopic (exact) mass is 282 g/mol. The van der Waals surface area contributed by atoms with E-state index >= 15 is 0 Å². The molecule has 2 heterocycles. The predicted molar refractivity (Wildman–Crippen MR) is 75.6 cm³/mol. The maximum atomic E-state index is 9.42. The first kappa shape index (κ1) is 13.1. The number of aromatic nitrogens is 2. The average molecular weight is 282 g/mol. The molecule has 6 heteroatoms. The molecule has 3 N–H and O–H groups in total. The Kier molecular flexibility index (Phi) is 3.03. The summed E-state index contributed by atoms with van der Waals surface area (Å²) in [5.41, 5.74) is 8.87. The van der Waals surface area contributed by atoms with Gasteiger partial charge in [0.05, 0.1) is 13.0 Å². The number of fused-ring (bicyclic) bond motifs is 1. The standard InChI is InChI=1S/C15H14N4O2/c1-8-12-13(9-3-5-10(20-2)6-4-9)11(7-16)14(17)21-15(12)19-18-8/h3-6,13H,17H2,1-2H3,(H,18,19). The lowest BCUT2D eigenvalue weighted by Crippen LogP contribution is -2.21. The van der Waals surface area contributed by atoms with E-state index in [0.717, 1.165) is 22.6 Å². The molecular formula is C15H14N4O2. The number of nitrogens with one attached hydrogen (secondary N) is 1. The van der Waals surface area contributed by atoms with Crippen molar-refractivity contribution in [2.75, 3.05) is 7.11 Å². The molecule has 1 unspecified atom stereocenters. The molecule has 0 radical (unpaired) electrons. The van der Waals surface area contributed by atoms with Gasteiger partial charge in [0.25, 0.3) is 0 Å². The zero-order valence-electron chi connectivity index (χ0n) is 11.7. The molecule has 1 aromatic heterocycles. The molecule has 6 nitrogen and oxygen atoms in total. The number of hydrogen-bond acceptors (Lipinski definition) is 5. The van der Waals surface area contributed by atoms with E-state index in [9.17, 15) is 5.26 Å². The smallest absolute Gasteiger partial charge is 0.244 e. The molecule has 0 aliphatic carbocycles. The summed E-state index contributed by atoms with van der Waals surface area (Å²) in [5, 5.41) is 16.4. The average Bonchev–Trinajstić information content (AvgIpc) is 2.87. The summed E-state index contributed by atoms with van der Waals surface area (Å²) >= 11 is 0. The van der Waals surface area contributed by atoms with Crippen molar-refractivity contribution in [1.82, 2.24) is 10.2 Å². The molecule has 21 heavy (non-hydrogen) atoms. The van der Waals surface area contributed by atoms with E-state index in [4.69, 9.17) is 15.2 Å². The summed E-state index contributed by atoms with van der Waals surface area (Å²) in [5.74, 6) is 0.982. The zero-order chi connectivity index (χ0) is 15.0. The fraction of sp³-hybridized carbons (Fsp3) is 0.200. The Balaban J connectivity index is 2.17. The van der Waals surface area contributed by atoms with Gasteiger partial charge in [-0.3, -0.25) is 5.10 Å². The van der Waals surface area contributed by atoms with Crippen LogP contribution in [0.5, 0.6) is 11.6 Å². The first-order chi connectivity index (χ1) is 10.2. The summed E-state index contributed by atoms with van der Waals surface area (Å²) in [7, 11) is 1.61. The lowest BCUT2D eigenvalue weighted by molar-refractivity contribution is 0.378. The number of aryl methyl sites for hydroxylation is 1. The largest absolute Gasteiger partial charge is 0.497 e. The van der Waals surface area contributed by atoms with Crippen LogP contribution in [0.4, 0.5) is 0 Å². The van der Waals surface area contributed by atoms with Crippen LogP contribution in [-0.4, -0.2) is 17.3 Å². The number of allylic oxidation sites excluding steroid dienone is 1. The topological polar surface area (TPSA) is 96.9 Å². The number of nitriles is 1. The van der Waals surface area contributed by atoms with Crippen molar-refractivity contribution < 1.29 is 9.47 Å². The third-order valence-corrected chi connectivity index (χ3v) is 3.58. The number of nitrogens with two attached hydrogens (primary N) is 1. The fourth-order valence-electron chi connectivity index (χ4n) is 2.53. The Morgan fingerprint density at radius 2 is 2.10 bits per heavy atom. The molecule has 0 amide bonds. The van der Waals surface area contributed by atoms with Crippen LogP contribution in [0.1, 0.15) is 22.7 Å². The minimum atomic E-state index is -0.289. The Hall–Kier alpha value is -2.94. The lowest BCUT2D eigenvalue weighted by Gasteiger charge is -2.23. The number of aromatic amines is 1. The molecule has 1 aromatic carbocycles. The highest BCUT2D eigenvalue weighted by atomic mass is 16.5. The molecule has 0 saturated heterocycles. The quantitative estimate of drug-likeness (QED) is 0.877. The molecule has 106 valence electrons. The first-order valence-corrected chi connectivity index (χ1v) is 6.42. The minimum absolute atomic E-state index is 0.0947. The summed E-state index contributed by atoms with van der Waals surface area (Å²) < 4.78 is 10.6. The van der Waals surface area contributed by atoms with Crippen molar-refractivity contribution >= 4 is 0 Å². The first-order valence-electron chi connectivity index (χ1n) is 6.42. The van der Waals surface area contributed by atoms with Crippen LogP contribution in [0.15, 0.2) is 35.7 Å². The van der Waals surface area contributed by atoms with E-state index in [1.165, 1.54) is 0 Å². The third-order valence-electron chi connectivity index (χ3n) is 3.58. The predicted octanol–water partition coefficient (Wildman–Crippen LogP) is 1.94. The normalized spacial score (nSPS) is 16.9. The number of methoxy groups -OCH3 is 1. The summed E-state index contributed by atoms with van der Waals surface area (Å²) in [4.78, 5) is 0. The van der Waals surface area contributed by atoms with Crippen LogP contribution < -0.4 is 15.2 Å². The molecule has 1 aliphatic heterocycles. The number of rotatable bonds is 2. The minimum Gasteiger partial charge on any atom is -0.497 e. The SMILES string of the molecule is COc1ccc(C2C(C#N)=C(N)Oc3n[nH]c(C)c32)cc1. The number of H-pyrrole nitrogens is 1. The van der Waals surface area contributed by atoms with Crippen LogP contribution >= 0.6 is 0 Å². The Morgan fingerprint density at radius 1 is 1.38 bits per heavy atom. The second kappa shape index (κ2) is 4.87. The molecule has 0 bridgehead atoms. The van der Waals surface area contributed by atoms with E-state index in [0.29, 0.717) is 11.5 Å². The van der Waals surface area contributed by atoms with Gasteiger partial charge in [-0.1, -0.05) is 12.1 Å². The molecule has 0 fully saturated rings. The van der Waals surface area contributed by atoms with Crippen molar-refractivity contribution in [3.05, 3.63) is 52.5 Å². The van der Waals surface area contributed by atoms with Gasteiger partial charge < -0.3 is 15.2 Å². The van der Waals surface area contributed by atoms with Gasteiger partial charge in [0, 0.05) is 11.3 Å². The van der Waals surface area contributed by atoms with Crippen molar-refractivity contribution in [3.8, 4) is 17.7 Å². The van der Waals surface area contributed by atoms with Gasteiger partial charge in [-0.05, 0) is 24.6 Å². The fourth-order valence-corrected chi connectivity index (χ4v) is 2.53. The van der Waals surface area contributed by atoms with E-state index in [1.807, 2.05) is 31.2 Å². The number of nitrogens with zero attached hydrogens (tertiary/aromatic N) is 2. The van der Waals surface area contributed by atoms with Crippen molar-refractivity contribution in [2.24, 2.45) is 5.73 Å². The van der Waals surface area contributed by atoms with Crippen LogP contribution in [0.25, 0.3) is 0 Å². The lowest BCUT2D eigenvalue weighted by atomic mass is 9.84. The van der Waals surface area contributed by atoms with Crippen LogP contribution in [0.2, 0.25) is 0 Å². The number of ether oxygens (including phenoxy) is 2. The molecule has 0 saturated carbocycles. The second-order valence-corrected chi connectivity index (χ2v) is 4.77. The maximum Gasteiger partial charge on any atom is 0.244 e. The van der Waals surface area contributed by atoms with Gasteiger partial charge in [0.1, 0.15) is 17.4 Å². The van der Waals surface area contributed by atoms with Gasteiger partial charge in [-0.2, -0.15) is 5.26 Å². The van der Waals surface area contributed by atoms with Gasteiger partial charge in [0.2, 0.25) is 11.8 Å². The van der Waals surface area contributed by atoms with Crippen LogP contribution in [-0.2, 0) is 0 Å².